The molecule has 0 aliphatic heterocycles. The Hall–Kier alpha value is -1.96. The zero-order valence-corrected chi connectivity index (χ0v) is 19.6. The Morgan fingerprint density at radius 2 is 1.76 bits per heavy atom. The highest BCUT2D eigenvalue weighted by molar-refractivity contribution is 6.74. The lowest BCUT2D eigenvalue weighted by atomic mass is 10.2. The molecule has 1 rings (SSSR count). The molecule has 6 nitrogen and oxygen atoms in total. The van der Waals surface area contributed by atoms with Gasteiger partial charge in [-0.05, 0) is 41.9 Å². The van der Waals surface area contributed by atoms with Crippen LogP contribution in [0.4, 0.5) is 0 Å². The molecule has 0 saturated carbocycles. The second-order valence-corrected chi connectivity index (χ2v) is 13.2. The molecular formula is C22H34O6Si. The van der Waals surface area contributed by atoms with Crippen LogP contribution in [0.25, 0.3) is 0 Å². The summed E-state index contributed by atoms with van der Waals surface area (Å²) in [6, 6.07) is 7.63. The number of esters is 1. The molecule has 0 N–H and O–H groups in total. The molecule has 0 aliphatic carbocycles. The zero-order chi connectivity index (χ0) is 22.1. The maximum Gasteiger partial charge on any atom is 0.374 e. The summed E-state index contributed by atoms with van der Waals surface area (Å²) in [5.41, 5.74) is 1.03. The van der Waals surface area contributed by atoms with Crippen LogP contribution >= 0.6 is 0 Å². The molecule has 1 atom stereocenters. The van der Waals surface area contributed by atoms with E-state index in [0.717, 1.165) is 11.3 Å². The molecule has 0 saturated heterocycles. The predicted octanol–water partition coefficient (Wildman–Crippen LogP) is 4.29. The third-order valence-corrected chi connectivity index (χ3v) is 9.45. The van der Waals surface area contributed by atoms with E-state index < -0.39 is 26.2 Å². The smallest absolute Gasteiger partial charge is 0.374 e. The molecule has 0 amide bonds. The summed E-state index contributed by atoms with van der Waals surface area (Å²) < 4.78 is 22.2. The molecule has 0 heterocycles. The number of hydrogen-bond donors (Lipinski definition) is 0. The monoisotopic (exact) mass is 422 g/mol. The lowest BCUT2D eigenvalue weighted by Crippen LogP contribution is -2.43. The van der Waals surface area contributed by atoms with Gasteiger partial charge in [0.2, 0.25) is 5.78 Å². The Labute approximate surface area is 175 Å². The Morgan fingerprint density at radius 1 is 1.14 bits per heavy atom. The summed E-state index contributed by atoms with van der Waals surface area (Å²) >= 11 is 0. The lowest BCUT2D eigenvalue weighted by Gasteiger charge is -2.36. The Morgan fingerprint density at radius 3 is 2.28 bits per heavy atom. The third kappa shape index (κ3) is 8.93. The van der Waals surface area contributed by atoms with Gasteiger partial charge in [0.1, 0.15) is 11.9 Å². The number of ketones is 1. The standard InChI is InChI=1S/C22H34O6Si/c1-17(23)21(24)28-20(16-27-29(6,7)22(2,3)4)9-8-14-26-15-18-10-12-19(25-5)13-11-18/h8-13,20H,14-16H2,1-7H3/b9-8+/t20-/m0/s1. The summed E-state index contributed by atoms with van der Waals surface area (Å²) in [5.74, 6) is -0.699. The van der Waals surface area contributed by atoms with Crippen molar-refractivity contribution in [2.45, 2.75) is 58.5 Å². The van der Waals surface area contributed by atoms with Crippen LogP contribution in [0.2, 0.25) is 18.1 Å². The zero-order valence-electron chi connectivity index (χ0n) is 18.6. The first kappa shape index (κ1) is 25.1. The fraction of sp³-hybridized carbons (Fsp3) is 0.545. The van der Waals surface area contributed by atoms with Crippen molar-refractivity contribution in [3.05, 3.63) is 42.0 Å². The van der Waals surface area contributed by atoms with E-state index in [1.54, 1.807) is 19.3 Å². The number of carbonyl (C=O) groups is 2. The van der Waals surface area contributed by atoms with E-state index in [0.29, 0.717) is 13.2 Å². The summed E-state index contributed by atoms with van der Waals surface area (Å²) in [6.07, 6.45) is 2.85. The van der Waals surface area contributed by atoms with Crippen LogP contribution in [0.3, 0.4) is 0 Å². The minimum absolute atomic E-state index is 0.0350. The highest BCUT2D eigenvalue weighted by Gasteiger charge is 2.37. The maximum absolute atomic E-state index is 11.7. The van der Waals surface area contributed by atoms with E-state index in [1.165, 1.54) is 6.92 Å². The van der Waals surface area contributed by atoms with Crippen LogP contribution in [0.15, 0.2) is 36.4 Å². The van der Waals surface area contributed by atoms with Crippen molar-refractivity contribution in [2.75, 3.05) is 20.3 Å². The average molecular weight is 423 g/mol. The second-order valence-electron chi connectivity index (χ2n) is 8.36. The fourth-order valence-electron chi connectivity index (χ4n) is 2.03. The first-order valence-corrected chi connectivity index (χ1v) is 12.6. The number of Topliss-reactive ketones (excluding diaryl/α,β-unsaturated/α-hetero) is 1. The summed E-state index contributed by atoms with van der Waals surface area (Å²) in [6.45, 7) is 12.9. The quantitative estimate of drug-likeness (QED) is 0.174. The molecule has 0 bridgehead atoms. The third-order valence-electron chi connectivity index (χ3n) is 4.95. The molecule has 0 spiro atoms. The molecule has 1 aromatic rings. The number of carbonyl (C=O) groups excluding carboxylic acids is 2. The highest BCUT2D eigenvalue weighted by Crippen LogP contribution is 2.36. The van der Waals surface area contributed by atoms with Gasteiger partial charge >= 0.3 is 5.97 Å². The summed E-state index contributed by atoms with van der Waals surface area (Å²) in [7, 11) is -0.378. The largest absolute Gasteiger partial charge is 0.497 e. The molecule has 1 aromatic carbocycles. The van der Waals surface area contributed by atoms with Gasteiger partial charge in [0.05, 0.1) is 26.9 Å². The molecule has 0 fully saturated rings. The van der Waals surface area contributed by atoms with Crippen molar-refractivity contribution in [2.24, 2.45) is 0 Å². The normalized spacial score (nSPS) is 13.3. The SMILES string of the molecule is COc1ccc(COC/C=C/[C@@H](CO[Si](C)(C)C(C)(C)C)OC(=O)C(C)=O)cc1. The van der Waals surface area contributed by atoms with E-state index >= 15 is 0 Å². The van der Waals surface area contributed by atoms with Crippen LogP contribution < -0.4 is 4.74 Å². The van der Waals surface area contributed by atoms with Crippen LogP contribution in [0.1, 0.15) is 33.3 Å². The maximum atomic E-state index is 11.7. The number of methoxy groups -OCH3 is 1. The summed E-state index contributed by atoms with van der Waals surface area (Å²) in [5, 5.41) is 0.0350. The van der Waals surface area contributed by atoms with E-state index in [9.17, 15) is 9.59 Å². The predicted molar refractivity (Wildman–Crippen MR) is 116 cm³/mol. The van der Waals surface area contributed by atoms with Crippen molar-refractivity contribution in [3.8, 4) is 5.75 Å². The van der Waals surface area contributed by atoms with Crippen LogP contribution in [-0.4, -0.2) is 46.5 Å². The first-order chi connectivity index (χ1) is 13.5. The van der Waals surface area contributed by atoms with Crippen molar-refractivity contribution in [1.29, 1.82) is 0 Å². The van der Waals surface area contributed by atoms with E-state index in [-0.39, 0.29) is 11.6 Å². The van der Waals surface area contributed by atoms with Gasteiger partial charge in [-0.2, -0.15) is 0 Å². The lowest BCUT2D eigenvalue weighted by molar-refractivity contribution is -0.156. The number of ether oxygens (including phenoxy) is 3. The minimum Gasteiger partial charge on any atom is -0.497 e. The first-order valence-electron chi connectivity index (χ1n) is 9.69. The Kier molecular flexibility index (Phi) is 9.75. The van der Waals surface area contributed by atoms with E-state index in [4.69, 9.17) is 18.6 Å². The molecule has 0 aromatic heterocycles. The van der Waals surface area contributed by atoms with Crippen molar-refractivity contribution in [3.63, 3.8) is 0 Å². The van der Waals surface area contributed by atoms with Crippen molar-refractivity contribution >= 4 is 20.1 Å². The summed E-state index contributed by atoms with van der Waals surface area (Å²) in [4.78, 5) is 23.0. The molecule has 162 valence electrons. The highest BCUT2D eigenvalue weighted by atomic mass is 28.4. The Bertz CT molecular complexity index is 688. The van der Waals surface area contributed by atoms with Crippen LogP contribution in [-0.2, 0) is 30.1 Å². The van der Waals surface area contributed by atoms with Gasteiger partial charge in [-0.25, -0.2) is 4.79 Å². The van der Waals surface area contributed by atoms with Crippen molar-refractivity contribution < 1.29 is 28.2 Å². The van der Waals surface area contributed by atoms with Crippen LogP contribution in [0, 0.1) is 0 Å². The van der Waals surface area contributed by atoms with Gasteiger partial charge in [0.25, 0.3) is 0 Å². The minimum atomic E-state index is -2.00. The van der Waals surface area contributed by atoms with Gasteiger partial charge < -0.3 is 18.6 Å². The Balaban J connectivity index is 2.60. The number of benzene rings is 1. The van der Waals surface area contributed by atoms with Crippen LogP contribution in [0.5, 0.6) is 5.75 Å². The topological polar surface area (TPSA) is 71.1 Å². The second kappa shape index (κ2) is 11.3. The van der Waals surface area contributed by atoms with Gasteiger partial charge in [0, 0.05) is 6.92 Å². The molecular weight excluding hydrogens is 388 g/mol. The van der Waals surface area contributed by atoms with Crippen molar-refractivity contribution in [1.82, 2.24) is 0 Å². The molecule has 0 aliphatic rings. The molecule has 0 unspecified atom stereocenters. The van der Waals surface area contributed by atoms with Gasteiger partial charge in [-0.15, -0.1) is 0 Å². The number of rotatable bonds is 11. The number of hydrogen-bond acceptors (Lipinski definition) is 6. The molecule has 0 radical (unpaired) electrons. The van der Waals surface area contributed by atoms with E-state index in [1.807, 2.05) is 24.3 Å². The van der Waals surface area contributed by atoms with E-state index in [2.05, 4.69) is 33.9 Å². The van der Waals surface area contributed by atoms with Gasteiger partial charge in [-0.1, -0.05) is 39.0 Å². The molecule has 29 heavy (non-hydrogen) atoms. The molecule has 7 heteroatoms. The average Bonchev–Trinajstić information content (AvgIpc) is 2.65. The van der Waals surface area contributed by atoms with Gasteiger partial charge in [0.15, 0.2) is 8.32 Å². The van der Waals surface area contributed by atoms with Gasteiger partial charge in [-0.3, -0.25) is 4.79 Å². The fourth-order valence-corrected chi connectivity index (χ4v) is 3.04.